The van der Waals surface area contributed by atoms with Crippen molar-refractivity contribution >= 4 is 11.8 Å². The van der Waals surface area contributed by atoms with E-state index >= 15 is 0 Å². The molecular weight excluding hydrogens is 240 g/mol. The maximum atomic E-state index is 11.6. The second kappa shape index (κ2) is 4.18. The van der Waals surface area contributed by atoms with Gasteiger partial charge < -0.3 is 14.2 Å². The molecule has 0 aliphatic carbocycles. The van der Waals surface area contributed by atoms with Crippen LogP contribution < -0.4 is 0 Å². The van der Waals surface area contributed by atoms with Gasteiger partial charge in [0.1, 0.15) is 6.10 Å². The SMILES string of the molecule is COC(=O)c1ccn([C@@H]2CC(=O)[C@H]3OC[C@H]2O3)n1. The summed E-state index contributed by atoms with van der Waals surface area (Å²) in [7, 11) is 1.30. The molecule has 7 nitrogen and oxygen atoms in total. The molecule has 18 heavy (non-hydrogen) atoms. The summed E-state index contributed by atoms with van der Waals surface area (Å²) in [6, 6.07) is 1.33. The molecule has 2 fully saturated rings. The number of Topliss-reactive ketones (excluding diaryl/α,β-unsaturated/α-hetero) is 1. The zero-order chi connectivity index (χ0) is 12.7. The fourth-order valence-electron chi connectivity index (χ4n) is 2.22. The van der Waals surface area contributed by atoms with Gasteiger partial charge in [-0.25, -0.2) is 4.79 Å². The number of nitrogens with zero attached hydrogens (tertiary/aromatic N) is 2. The van der Waals surface area contributed by atoms with Gasteiger partial charge in [-0.2, -0.15) is 5.10 Å². The largest absolute Gasteiger partial charge is 0.464 e. The molecule has 2 aliphatic heterocycles. The molecule has 2 bridgehead atoms. The van der Waals surface area contributed by atoms with Gasteiger partial charge in [0.05, 0.1) is 19.8 Å². The molecule has 0 radical (unpaired) electrons. The van der Waals surface area contributed by atoms with Crippen LogP contribution in [0, 0.1) is 0 Å². The van der Waals surface area contributed by atoms with Crippen LogP contribution in [0.4, 0.5) is 0 Å². The lowest BCUT2D eigenvalue weighted by Gasteiger charge is -2.26. The van der Waals surface area contributed by atoms with E-state index in [4.69, 9.17) is 9.47 Å². The minimum absolute atomic E-state index is 0.0936. The van der Waals surface area contributed by atoms with E-state index in [1.54, 1.807) is 16.9 Å². The van der Waals surface area contributed by atoms with Crippen molar-refractivity contribution in [3.63, 3.8) is 0 Å². The molecule has 1 aromatic rings. The number of ether oxygens (including phenoxy) is 3. The molecule has 2 saturated heterocycles. The van der Waals surface area contributed by atoms with Crippen molar-refractivity contribution in [3.8, 4) is 0 Å². The Balaban J connectivity index is 1.84. The van der Waals surface area contributed by atoms with E-state index in [9.17, 15) is 9.59 Å². The van der Waals surface area contributed by atoms with Crippen molar-refractivity contribution in [2.45, 2.75) is 24.9 Å². The van der Waals surface area contributed by atoms with E-state index in [0.717, 1.165) is 0 Å². The summed E-state index contributed by atoms with van der Waals surface area (Å²) in [5, 5.41) is 4.11. The molecule has 3 rings (SSSR count). The summed E-state index contributed by atoms with van der Waals surface area (Å²) < 4.78 is 16.8. The first kappa shape index (κ1) is 11.4. The van der Waals surface area contributed by atoms with E-state index in [2.05, 4.69) is 9.84 Å². The number of hydrogen-bond donors (Lipinski definition) is 0. The predicted molar refractivity (Wildman–Crippen MR) is 56.8 cm³/mol. The lowest BCUT2D eigenvalue weighted by atomic mass is 10.0. The highest BCUT2D eigenvalue weighted by molar-refractivity contribution is 5.87. The van der Waals surface area contributed by atoms with E-state index < -0.39 is 12.3 Å². The number of carbonyl (C=O) groups is 2. The van der Waals surface area contributed by atoms with Crippen LogP contribution in [0.25, 0.3) is 0 Å². The molecule has 3 heterocycles. The number of rotatable bonds is 2. The van der Waals surface area contributed by atoms with Crippen molar-refractivity contribution in [3.05, 3.63) is 18.0 Å². The average Bonchev–Trinajstić information content (AvgIpc) is 3.01. The van der Waals surface area contributed by atoms with Gasteiger partial charge >= 0.3 is 5.97 Å². The third kappa shape index (κ3) is 1.72. The van der Waals surface area contributed by atoms with E-state index in [1.165, 1.54) is 7.11 Å². The number of esters is 1. The average molecular weight is 252 g/mol. The summed E-state index contributed by atoms with van der Waals surface area (Å²) in [6.07, 6.45) is 1.03. The Bertz CT molecular complexity index is 497. The van der Waals surface area contributed by atoms with Crippen molar-refractivity contribution in [2.75, 3.05) is 13.7 Å². The monoisotopic (exact) mass is 252 g/mol. The number of hydrogen-bond acceptors (Lipinski definition) is 6. The molecule has 7 heteroatoms. The van der Waals surface area contributed by atoms with Gasteiger partial charge in [0.15, 0.2) is 11.5 Å². The number of aromatic nitrogens is 2. The fourth-order valence-corrected chi connectivity index (χ4v) is 2.22. The summed E-state index contributed by atoms with van der Waals surface area (Å²) in [6.45, 7) is 0.370. The van der Waals surface area contributed by atoms with Crippen LogP contribution >= 0.6 is 0 Å². The standard InChI is InChI=1S/C11H12N2O5/c1-16-10(15)6-2-3-13(12-6)7-4-8(14)11-17-5-9(7)18-11/h2-3,7,9,11H,4-5H2,1H3/t7-,9-,11+/m1/s1. The molecule has 0 amide bonds. The van der Waals surface area contributed by atoms with Gasteiger partial charge in [-0.1, -0.05) is 0 Å². The van der Waals surface area contributed by atoms with Crippen LogP contribution in [-0.4, -0.2) is 47.6 Å². The zero-order valence-electron chi connectivity index (χ0n) is 9.74. The van der Waals surface area contributed by atoms with E-state index in [1.807, 2.05) is 0 Å². The van der Waals surface area contributed by atoms with Crippen LogP contribution in [-0.2, 0) is 19.0 Å². The highest BCUT2D eigenvalue weighted by Crippen LogP contribution is 2.32. The van der Waals surface area contributed by atoms with Crippen molar-refractivity contribution in [1.82, 2.24) is 9.78 Å². The molecule has 1 aromatic heterocycles. The zero-order valence-corrected chi connectivity index (χ0v) is 9.74. The molecule has 96 valence electrons. The molecule has 0 spiro atoms. The van der Waals surface area contributed by atoms with E-state index in [0.29, 0.717) is 13.0 Å². The second-order valence-electron chi connectivity index (χ2n) is 4.25. The fraction of sp³-hybridized carbons (Fsp3) is 0.545. The summed E-state index contributed by atoms with van der Waals surface area (Å²) in [5.74, 6) is -0.596. The van der Waals surface area contributed by atoms with E-state index in [-0.39, 0.29) is 23.6 Å². The highest BCUT2D eigenvalue weighted by atomic mass is 16.7. The smallest absolute Gasteiger partial charge is 0.358 e. The Hall–Kier alpha value is -1.73. The third-order valence-corrected chi connectivity index (χ3v) is 3.16. The first-order valence-electron chi connectivity index (χ1n) is 5.62. The van der Waals surface area contributed by atoms with Gasteiger partial charge in [0.2, 0.25) is 6.29 Å². The van der Waals surface area contributed by atoms with Gasteiger partial charge in [-0.3, -0.25) is 9.48 Å². The Kier molecular flexibility index (Phi) is 2.64. The van der Waals surface area contributed by atoms with Crippen LogP contribution in [0.3, 0.4) is 0 Å². The predicted octanol–water partition coefficient (Wildman–Crippen LogP) is -0.0749. The normalized spacial score (nSPS) is 30.5. The topological polar surface area (TPSA) is 79.7 Å². The molecule has 0 unspecified atom stereocenters. The maximum Gasteiger partial charge on any atom is 0.358 e. The van der Waals surface area contributed by atoms with Crippen LogP contribution in [0.5, 0.6) is 0 Å². The van der Waals surface area contributed by atoms with Gasteiger partial charge in [0.25, 0.3) is 0 Å². The van der Waals surface area contributed by atoms with Crippen molar-refractivity contribution in [2.24, 2.45) is 0 Å². The van der Waals surface area contributed by atoms with Gasteiger partial charge in [0, 0.05) is 12.6 Å². The summed E-state index contributed by atoms with van der Waals surface area (Å²) >= 11 is 0. The lowest BCUT2D eigenvalue weighted by molar-refractivity contribution is -0.156. The molecule has 2 aliphatic rings. The summed E-state index contributed by atoms with van der Waals surface area (Å²) in [4.78, 5) is 23.0. The maximum absolute atomic E-state index is 11.6. The Labute approximate surface area is 103 Å². The molecule has 0 aromatic carbocycles. The number of ketones is 1. The summed E-state index contributed by atoms with van der Waals surface area (Å²) in [5.41, 5.74) is 0.214. The quantitative estimate of drug-likeness (QED) is 0.685. The van der Waals surface area contributed by atoms with Crippen LogP contribution in [0.15, 0.2) is 12.3 Å². The number of fused-ring (bicyclic) bond motifs is 2. The molecular formula is C11H12N2O5. The molecule has 0 N–H and O–H groups in total. The van der Waals surface area contributed by atoms with Gasteiger partial charge in [-0.15, -0.1) is 0 Å². The Morgan fingerprint density at radius 1 is 1.61 bits per heavy atom. The Morgan fingerprint density at radius 2 is 2.44 bits per heavy atom. The van der Waals surface area contributed by atoms with Crippen molar-refractivity contribution in [1.29, 1.82) is 0 Å². The highest BCUT2D eigenvalue weighted by Gasteiger charge is 2.44. The lowest BCUT2D eigenvalue weighted by Crippen LogP contribution is -2.37. The Morgan fingerprint density at radius 3 is 3.22 bits per heavy atom. The molecule has 0 saturated carbocycles. The second-order valence-corrected chi connectivity index (χ2v) is 4.25. The van der Waals surface area contributed by atoms with Crippen LogP contribution in [0.2, 0.25) is 0 Å². The van der Waals surface area contributed by atoms with Crippen LogP contribution in [0.1, 0.15) is 23.0 Å². The first-order valence-corrected chi connectivity index (χ1v) is 5.62. The first-order chi connectivity index (χ1) is 8.69. The van der Waals surface area contributed by atoms with Gasteiger partial charge in [-0.05, 0) is 6.07 Å². The molecule has 3 atom stereocenters. The number of methoxy groups -OCH3 is 1. The number of carbonyl (C=O) groups excluding carboxylic acids is 2. The minimum Gasteiger partial charge on any atom is -0.464 e. The third-order valence-electron chi connectivity index (χ3n) is 3.16. The minimum atomic E-state index is -0.720. The van der Waals surface area contributed by atoms with Crippen molar-refractivity contribution < 1.29 is 23.8 Å².